The van der Waals surface area contributed by atoms with Crippen molar-refractivity contribution in [1.82, 2.24) is 0 Å². The second kappa shape index (κ2) is 7.38. The second-order valence-corrected chi connectivity index (χ2v) is 5.69. The van der Waals surface area contributed by atoms with Gasteiger partial charge in [-0.15, -0.1) is 0 Å². The number of hydrogen-bond acceptors (Lipinski definition) is 2. The van der Waals surface area contributed by atoms with E-state index in [2.05, 4.69) is 13.8 Å². The summed E-state index contributed by atoms with van der Waals surface area (Å²) in [5.41, 5.74) is -0.227. The van der Waals surface area contributed by atoms with Crippen LogP contribution in [0.4, 0.5) is 0 Å². The molecule has 1 atom stereocenters. The third-order valence-corrected chi connectivity index (χ3v) is 4.24. The van der Waals surface area contributed by atoms with Crippen molar-refractivity contribution in [3.05, 3.63) is 0 Å². The summed E-state index contributed by atoms with van der Waals surface area (Å²) in [5, 5.41) is 10.4. The molecule has 0 aliphatic heterocycles. The minimum absolute atomic E-state index is 0.227. The predicted molar refractivity (Wildman–Crippen MR) is 72.1 cm³/mol. The van der Waals surface area contributed by atoms with Crippen molar-refractivity contribution < 1.29 is 9.84 Å². The summed E-state index contributed by atoms with van der Waals surface area (Å²) < 4.78 is 5.96. The minimum Gasteiger partial charge on any atom is -0.390 e. The lowest BCUT2D eigenvalue weighted by Crippen LogP contribution is -2.47. The monoisotopic (exact) mass is 242 g/mol. The molecule has 1 rings (SSSR count). The third-order valence-electron chi connectivity index (χ3n) is 4.24. The maximum atomic E-state index is 10.4. The van der Waals surface area contributed by atoms with Gasteiger partial charge in [-0.1, -0.05) is 33.1 Å². The van der Waals surface area contributed by atoms with Crippen molar-refractivity contribution in [1.29, 1.82) is 0 Å². The molecule has 0 aromatic heterocycles. The van der Waals surface area contributed by atoms with Crippen molar-refractivity contribution in [2.45, 2.75) is 83.8 Å². The Morgan fingerprint density at radius 2 is 1.88 bits per heavy atom. The maximum Gasteiger partial charge on any atom is 0.0940 e. The average molecular weight is 242 g/mol. The minimum atomic E-state index is -0.263. The zero-order valence-electron chi connectivity index (χ0n) is 11.9. The van der Waals surface area contributed by atoms with E-state index >= 15 is 0 Å². The summed E-state index contributed by atoms with van der Waals surface area (Å²) in [6, 6.07) is 0. The van der Waals surface area contributed by atoms with Crippen molar-refractivity contribution in [2.24, 2.45) is 5.92 Å². The van der Waals surface area contributed by atoms with Gasteiger partial charge in [0.2, 0.25) is 0 Å². The molecule has 0 bridgehead atoms. The van der Waals surface area contributed by atoms with Crippen LogP contribution in [0.5, 0.6) is 0 Å². The van der Waals surface area contributed by atoms with E-state index in [-0.39, 0.29) is 11.7 Å². The van der Waals surface area contributed by atoms with E-state index in [1.165, 1.54) is 25.7 Å². The largest absolute Gasteiger partial charge is 0.390 e. The number of aliphatic hydroxyl groups is 1. The van der Waals surface area contributed by atoms with Crippen LogP contribution < -0.4 is 0 Å². The number of hydrogen-bond donors (Lipinski definition) is 1. The summed E-state index contributed by atoms with van der Waals surface area (Å²) in [6.07, 6.45) is 8.67. The molecule has 0 heterocycles. The Hall–Kier alpha value is -0.0800. The summed E-state index contributed by atoms with van der Waals surface area (Å²) in [7, 11) is 0. The highest BCUT2D eigenvalue weighted by molar-refractivity contribution is 4.92. The number of unbranched alkanes of at least 4 members (excludes halogenated alkanes) is 2. The van der Waals surface area contributed by atoms with Gasteiger partial charge in [-0.05, 0) is 44.9 Å². The van der Waals surface area contributed by atoms with E-state index in [1.54, 1.807) is 0 Å². The smallest absolute Gasteiger partial charge is 0.0940 e. The fourth-order valence-corrected chi connectivity index (χ4v) is 2.96. The Morgan fingerprint density at radius 3 is 2.41 bits per heavy atom. The normalized spacial score (nSPS) is 31.4. The number of aliphatic hydroxyl groups excluding tert-OH is 1. The van der Waals surface area contributed by atoms with E-state index in [4.69, 9.17) is 4.74 Å². The van der Waals surface area contributed by atoms with Crippen LogP contribution in [0, 0.1) is 5.92 Å². The van der Waals surface area contributed by atoms with Gasteiger partial charge in [-0.3, -0.25) is 0 Å². The standard InChI is InChI=1S/C15H30O2/c1-4-6-7-8-14(16)15(17-5-2)11-9-13(3)10-12-15/h13-14,16H,4-12H2,1-3H3. The quantitative estimate of drug-likeness (QED) is 0.686. The zero-order valence-corrected chi connectivity index (χ0v) is 11.9. The molecule has 1 N–H and O–H groups in total. The van der Waals surface area contributed by atoms with Crippen molar-refractivity contribution in [3.63, 3.8) is 0 Å². The SMILES string of the molecule is CCCCCC(O)C1(OCC)CCC(C)CC1. The van der Waals surface area contributed by atoms with Crippen LogP contribution in [-0.4, -0.2) is 23.4 Å². The average Bonchev–Trinajstić information content (AvgIpc) is 2.33. The molecule has 2 nitrogen and oxygen atoms in total. The summed E-state index contributed by atoms with van der Waals surface area (Å²) in [6.45, 7) is 7.27. The van der Waals surface area contributed by atoms with Crippen LogP contribution in [0.3, 0.4) is 0 Å². The van der Waals surface area contributed by atoms with Crippen LogP contribution >= 0.6 is 0 Å². The molecule has 1 aliphatic carbocycles. The van der Waals surface area contributed by atoms with Gasteiger partial charge in [0.05, 0.1) is 11.7 Å². The molecule has 1 saturated carbocycles. The number of ether oxygens (including phenoxy) is 1. The Morgan fingerprint density at radius 1 is 1.24 bits per heavy atom. The third kappa shape index (κ3) is 4.26. The van der Waals surface area contributed by atoms with E-state index in [0.717, 1.165) is 38.2 Å². The van der Waals surface area contributed by atoms with Gasteiger partial charge >= 0.3 is 0 Å². The first-order valence-electron chi connectivity index (χ1n) is 7.46. The van der Waals surface area contributed by atoms with Crippen LogP contribution in [0.2, 0.25) is 0 Å². The molecule has 17 heavy (non-hydrogen) atoms. The molecule has 0 radical (unpaired) electrons. The first-order chi connectivity index (χ1) is 8.14. The fourth-order valence-electron chi connectivity index (χ4n) is 2.96. The van der Waals surface area contributed by atoms with Crippen LogP contribution in [0.25, 0.3) is 0 Å². The molecule has 0 saturated heterocycles. The fraction of sp³-hybridized carbons (Fsp3) is 1.00. The highest BCUT2D eigenvalue weighted by atomic mass is 16.5. The lowest BCUT2D eigenvalue weighted by atomic mass is 9.75. The number of rotatable bonds is 7. The molecule has 2 heteroatoms. The molecule has 0 spiro atoms. The van der Waals surface area contributed by atoms with E-state index in [0.29, 0.717) is 0 Å². The summed E-state index contributed by atoms with van der Waals surface area (Å²) >= 11 is 0. The molecule has 0 aromatic carbocycles. The van der Waals surface area contributed by atoms with Crippen molar-refractivity contribution in [3.8, 4) is 0 Å². The molecule has 0 aromatic rings. The van der Waals surface area contributed by atoms with E-state index in [1.807, 2.05) is 6.92 Å². The Labute approximate surface area is 107 Å². The topological polar surface area (TPSA) is 29.5 Å². The first kappa shape index (κ1) is 15.0. The van der Waals surface area contributed by atoms with Gasteiger partial charge in [0.25, 0.3) is 0 Å². The summed E-state index contributed by atoms with van der Waals surface area (Å²) in [4.78, 5) is 0. The van der Waals surface area contributed by atoms with Gasteiger partial charge < -0.3 is 9.84 Å². The molecular formula is C15H30O2. The van der Waals surface area contributed by atoms with Crippen LogP contribution in [0.1, 0.15) is 72.1 Å². The Kier molecular flexibility index (Phi) is 6.50. The first-order valence-corrected chi connectivity index (χ1v) is 7.46. The molecule has 1 fully saturated rings. The van der Waals surface area contributed by atoms with Crippen molar-refractivity contribution in [2.75, 3.05) is 6.61 Å². The highest BCUT2D eigenvalue weighted by Gasteiger charge is 2.40. The van der Waals surface area contributed by atoms with E-state index < -0.39 is 0 Å². The maximum absolute atomic E-state index is 10.4. The van der Waals surface area contributed by atoms with Gasteiger partial charge in [-0.25, -0.2) is 0 Å². The van der Waals surface area contributed by atoms with Crippen LogP contribution in [0.15, 0.2) is 0 Å². The lowest BCUT2D eigenvalue weighted by Gasteiger charge is -2.42. The zero-order chi connectivity index (χ0) is 12.7. The molecule has 102 valence electrons. The molecule has 1 unspecified atom stereocenters. The van der Waals surface area contributed by atoms with Gasteiger partial charge in [0.15, 0.2) is 0 Å². The van der Waals surface area contributed by atoms with Gasteiger partial charge in [0.1, 0.15) is 0 Å². The highest BCUT2D eigenvalue weighted by Crippen LogP contribution is 2.38. The molecule has 1 aliphatic rings. The van der Waals surface area contributed by atoms with Crippen molar-refractivity contribution >= 4 is 0 Å². The molecule has 0 amide bonds. The summed E-state index contributed by atoms with van der Waals surface area (Å²) in [5.74, 6) is 0.798. The van der Waals surface area contributed by atoms with Gasteiger partial charge in [-0.2, -0.15) is 0 Å². The van der Waals surface area contributed by atoms with Gasteiger partial charge in [0, 0.05) is 6.61 Å². The Balaban J connectivity index is 2.51. The Bertz CT molecular complexity index is 195. The second-order valence-electron chi connectivity index (χ2n) is 5.69. The predicted octanol–water partition coefficient (Wildman–Crippen LogP) is 3.91. The molecular weight excluding hydrogens is 212 g/mol. The lowest BCUT2D eigenvalue weighted by molar-refractivity contribution is -0.146. The van der Waals surface area contributed by atoms with E-state index in [9.17, 15) is 5.11 Å². The van der Waals surface area contributed by atoms with Crippen LogP contribution in [-0.2, 0) is 4.74 Å².